The lowest BCUT2D eigenvalue weighted by Gasteiger charge is -2.13. The monoisotopic (exact) mass is 536 g/mol. The fraction of sp³-hybridized carbons (Fsp3) is 0.0370. The van der Waals surface area contributed by atoms with Gasteiger partial charge >= 0.3 is 0 Å². The minimum atomic E-state index is -3.54. The van der Waals surface area contributed by atoms with Gasteiger partial charge in [-0.3, -0.25) is 4.79 Å². The number of aromatic nitrogens is 1. The molecule has 1 heterocycles. The highest BCUT2D eigenvalue weighted by atomic mass is 35.5. The molecule has 0 saturated heterocycles. The van der Waals surface area contributed by atoms with Gasteiger partial charge in [0.25, 0.3) is 5.91 Å². The van der Waals surface area contributed by atoms with Crippen LogP contribution in [0.3, 0.4) is 0 Å². The van der Waals surface area contributed by atoms with Crippen LogP contribution >= 0.6 is 22.9 Å². The predicted octanol–water partition coefficient (Wildman–Crippen LogP) is 7.08. The standard InChI is InChI=1S/C27H18ClFN2O3S2/c1-36(33,34)19-10-11-20(21(15-19)16-5-4-6-17(29)13-16)26(32)30-18-9-12-23(28)22(14-18)27-31-24-7-2-3-8-25(24)35-27/h2-15H,1H3,(H,30,32). The fourth-order valence-corrected chi connectivity index (χ4v) is 5.71. The van der Waals surface area contributed by atoms with E-state index in [1.165, 1.54) is 47.7 Å². The van der Waals surface area contributed by atoms with Crippen LogP contribution in [-0.2, 0) is 9.84 Å². The highest BCUT2D eigenvalue weighted by Crippen LogP contribution is 2.36. The van der Waals surface area contributed by atoms with E-state index < -0.39 is 21.6 Å². The van der Waals surface area contributed by atoms with E-state index in [1.807, 2.05) is 24.3 Å². The maximum Gasteiger partial charge on any atom is 0.256 e. The number of carbonyl (C=O) groups excluding carboxylic acids is 1. The fourth-order valence-electron chi connectivity index (χ4n) is 3.80. The van der Waals surface area contributed by atoms with Crippen LogP contribution in [0, 0.1) is 5.82 Å². The number of carbonyl (C=O) groups is 1. The number of halogens is 2. The number of nitrogens with zero attached hydrogens (tertiary/aromatic N) is 1. The van der Waals surface area contributed by atoms with E-state index in [4.69, 9.17) is 11.6 Å². The molecule has 0 saturated carbocycles. The number of fused-ring (bicyclic) bond motifs is 1. The van der Waals surface area contributed by atoms with E-state index in [1.54, 1.807) is 24.3 Å². The van der Waals surface area contributed by atoms with Crippen molar-refractivity contribution in [3.63, 3.8) is 0 Å². The van der Waals surface area contributed by atoms with Gasteiger partial charge in [-0.1, -0.05) is 35.9 Å². The van der Waals surface area contributed by atoms with Crippen molar-refractivity contribution < 1.29 is 17.6 Å². The number of thiazole rings is 1. The SMILES string of the molecule is CS(=O)(=O)c1ccc(C(=O)Nc2ccc(Cl)c(-c3nc4ccccc4s3)c2)c(-c2cccc(F)c2)c1. The summed E-state index contributed by atoms with van der Waals surface area (Å²) >= 11 is 7.95. The maximum atomic E-state index is 14.0. The van der Waals surface area contributed by atoms with Gasteiger partial charge in [-0.05, 0) is 71.8 Å². The van der Waals surface area contributed by atoms with Gasteiger partial charge in [0.1, 0.15) is 10.8 Å². The van der Waals surface area contributed by atoms with Crippen molar-refractivity contribution in [2.75, 3.05) is 11.6 Å². The van der Waals surface area contributed by atoms with Crippen molar-refractivity contribution >= 4 is 54.6 Å². The van der Waals surface area contributed by atoms with Crippen molar-refractivity contribution in [2.24, 2.45) is 0 Å². The van der Waals surface area contributed by atoms with Gasteiger partial charge < -0.3 is 5.32 Å². The van der Waals surface area contributed by atoms with Crippen molar-refractivity contribution in [1.29, 1.82) is 0 Å². The van der Waals surface area contributed by atoms with Crippen LogP contribution in [0.5, 0.6) is 0 Å². The highest BCUT2D eigenvalue weighted by molar-refractivity contribution is 7.90. The Morgan fingerprint density at radius 3 is 2.50 bits per heavy atom. The van der Waals surface area contributed by atoms with E-state index in [-0.39, 0.29) is 10.5 Å². The average Bonchev–Trinajstić information content (AvgIpc) is 3.28. The summed E-state index contributed by atoms with van der Waals surface area (Å²) in [6.45, 7) is 0. The van der Waals surface area contributed by atoms with Gasteiger partial charge in [-0.15, -0.1) is 11.3 Å². The van der Waals surface area contributed by atoms with Gasteiger partial charge in [-0.25, -0.2) is 17.8 Å². The summed E-state index contributed by atoms with van der Waals surface area (Å²) in [5, 5.41) is 4.06. The molecular weight excluding hydrogens is 519 g/mol. The first kappa shape index (κ1) is 24.1. The molecule has 0 spiro atoms. The smallest absolute Gasteiger partial charge is 0.256 e. The quantitative estimate of drug-likeness (QED) is 0.260. The number of anilines is 1. The van der Waals surface area contributed by atoms with Crippen molar-refractivity contribution in [2.45, 2.75) is 4.90 Å². The Morgan fingerprint density at radius 1 is 0.944 bits per heavy atom. The van der Waals surface area contributed by atoms with Crippen LogP contribution in [0.4, 0.5) is 10.1 Å². The molecule has 5 rings (SSSR count). The summed E-state index contributed by atoms with van der Waals surface area (Å²) in [5.41, 5.74) is 2.90. The van der Waals surface area contributed by atoms with Gasteiger partial charge in [0, 0.05) is 23.1 Å². The number of nitrogens with one attached hydrogen (secondary N) is 1. The Bertz CT molecular complexity index is 1720. The molecular formula is C27H18ClFN2O3S2. The largest absolute Gasteiger partial charge is 0.322 e. The van der Waals surface area contributed by atoms with Crippen LogP contribution in [0.2, 0.25) is 5.02 Å². The second kappa shape index (κ2) is 9.46. The second-order valence-electron chi connectivity index (χ2n) is 8.13. The van der Waals surface area contributed by atoms with Crippen molar-refractivity contribution in [1.82, 2.24) is 4.98 Å². The van der Waals surface area contributed by atoms with E-state index >= 15 is 0 Å². The molecule has 0 fully saturated rings. The number of amides is 1. The van der Waals surface area contributed by atoms with Gasteiger partial charge in [-0.2, -0.15) is 0 Å². The minimum Gasteiger partial charge on any atom is -0.322 e. The Kier molecular flexibility index (Phi) is 6.34. The van der Waals surface area contributed by atoms with Gasteiger partial charge in [0.2, 0.25) is 0 Å². The normalized spacial score (nSPS) is 11.5. The first-order chi connectivity index (χ1) is 17.2. The first-order valence-electron chi connectivity index (χ1n) is 10.8. The molecule has 0 aliphatic rings. The number of hydrogen-bond acceptors (Lipinski definition) is 5. The summed E-state index contributed by atoms with van der Waals surface area (Å²) in [6.07, 6.45) is 1.08. The lowest BCUT2D eigenvalue weighted by Crippen LogP contribution is -2.14. The van der Waals surface area contributed by atoms with Crippen LogP contribution in [0.15, 0.2) is 89.8 Å². The highest BCUT2D eigenvalue weighted by Gasteiger charge is 2.19. The number of para-hydroxylation sites is 1. The topological polar surface area (TPSA) is 76.1 Å². The number of sulfone groups is 1. The Labute approximate surface area is 216 Å². The minimum absolute atomic E-state index is 0.0305. The molecule has 5 aromatic rings. The summed E-state index contributed by atoms with van der Waals surface area (Å²) in [5.74, 6) is -0.978. The molecule has 180 valence electrons. The number of benzene rings is 4. The zero-order chi connectivity index (χ0) is 25.4. The zero-order valence-corrected chi connectivity index (χ0v) is 21.2. The summed E-state index contributed by atoms with van der Waals surface area (Å²) in [6, 6.07) is 22.7. The zero-order valence-electron chi connectivity index (χ0n) is 18.8. The lowest BCUT2D eigenvalue weighted by atomic mass is 9.99. The van der Waals surface area contributed by atoms with Crippen LogP contribution in [-0.4, -0.2) is 25.6 Å². The molecule has 4 aromatic carbocycles. The summed E-state index contributed by atoms with van der Waals surface area (Å²) in [7, 11) is -3.54. The molecule has 0 aliphatic carbocycles. The molecule has 0 bridgehead atoms. The molecule has 9 heteroatoms. The molecule has 1 amide bonds. The van der Waals surface area contributed by atoms with Crippen molar-refractivity contribution in [3.8, 4) is 21.7 Å². The third-order valence-electron chi connectivity index (χ3n) is 5.55. The molecule has 0 atom stereocenters. The molecule has 1 N–H and O–H groups in total. The third-order valence-corrected chi connectivity index (χ3v) is 8.06. The van der Waals surface area contributed by atoms with Crippen molar-refractivity contribution in [3.05, 3.63) is 101 Å². The first-order valence-corrected chi connectivity index (χ1v) is 13.8. The molecule has 5 nitrogen and oxygen atoms in total. The lowest BCUT2D eigenvalue weighted by molar-refractivity contribution is 0.102. The predicted molar refractivity (Wildman–Crippen MR) is 143 cm³/mol. The Morgan fingerprint density at radius 2 is 1.75 bits per heavy atom. The van der Waals surface area contributed by atoms with E-state index in [0.717, 1.165) is 21.5 Å². The third kappa shape index (κ3) is 4.88. The maximum absolute atomic E-state index is 14.0. The molecule has 36 heavy (non-hydrogen) atoms. The van der Waals surface area contributed by atoms with Crippen LogP contribution in [0.1, 0.15) is 10.4 Å². The van der Waals surface area contributed by atoms with Crippen LogP contribution in [0.25, 0.3) is 31.9 Å². The van der Waals surface area contributed by atoms with Gasteiger partial charge in [0.05, 0.1) is 20.1 Å². The van der Waals surface area contributed by atoms with E-state index in [9.17, 15) is 17.6 Å². The second-order valence-corrected chi connectivity index (χ2v) is 11.6. The Balaban J connectivity index is 1.53. The molecule has 0 radical (unpaired) electrons. The van der Waals surface area contributed by atoms with Gasteiger partial charge in [0.15, 0.2) is 9.84 Å². The average molecular weight is 537 g/mol. The Hall–Kier alpha value is -3.59. The molecule has 0 aliphatic heterocycles. The summed E-state index contributed by atoms with van der Waals surface area (Å²) < 4.78 is 39.2. The molecule has 1 aromatic heterocycles. The molecule has 0 unspecified atom stereocenters. The van der Waals surface area contributed by atoms with E-state index in [2.05, 4.69) is 10.3 Å². The number of hydrogen-bond donors (Lipinski definition) is 1. The van der Waals surface area contributed by atoms with E-state index in [0.29, 0.717) is 27.4 Å². The number of rotatable bonds is 5. The summed E-state index contributed by atoms with van der Waals surface area (Å²) in [4.78, 5) is 18.0. The van der Waals surface area contributed by atoms with Crippen LogP contribution < -0.4 is 5.32 Å².